The first-order valence-corrected chi connectivity index (χ1v) is 5.56. The van der Waals surface area contributed by atoms with Crippen molar-refractivity contribution in [3.05, 3.63) is 29.8 Å². The molecule has 0 saturated carbocycles. The summed E-state index contributed by atoms with van der Waals surface area (Å²) in [4.78, 5) is 10.6. The lowest BCUT2D eigenvalue weighted by Crippen LogP contribution is -2.30. The molecule has 18 heavy (non-hydrogen) atoms. The second kappa shape index (κ2) is 8.36. The zero-order chi connectivity index (χ0) is 12.7. The van der Waals surface area contributed by atoms with Crippen LogP contribution in [0.5, 0.6) is 0 Å². The fourth-order valence-electron chi connectivity index (χ4n) is 1.27. The molecule has 0 atom stereocenters. The summed E-state index contributed by atoms with van der Waals surface area (Å²) < 4.78 is 0. The van der Waals surface area contributed by atoms with Gasteiger partial charge in [0.15, 0.2) is 5.96 Å². The number of guanidine groups is 1. The standard InChI is InChI=1S/C12H17N3O2.ClH/c1-2-3-8-14-12(13)15-10-6-4-9(5-7-10)11(16)17;/h4-7H,2-3,8H2,1H3,(H,16,17)(H3,13,14,15);1H. The van der Waals surface area contributed by atoms with Crippen molar-refractivity contribution < 1.29 is 9.90 Å². The number of anilines is 1. The van der Waals surface area contributed by atoms with Crippen LogP contribution in [0.25, 0.3) is 0 Å². The predicted molar refractivity (Wildman–Crippen MR) is 74.9 cm³/mol. The first-order chi connectivity index (χ1) is 8.13. The van der Waals surface area contributed by atoms with Gasteiger partial charge in [-0.25, -0.2) is 4.79 Å². The largest absolute Gasteiger partial charge is 0.478 e. The van der Waals surface area contributed by atoms with E-state index in [2.05, 4.69) is 17.6 Å². The van der Waals surface area contributed by atoms with E-state index in [-0.39, 0.29) is 23.9 Å². The zero-order valence-corrected chi connectivity index (χ0v) is 11.0. The minimum atomic E-state index is -0.951. The van der Waals surface area contributed by atoms with Gasteiger partial charge in [0, 0.05) is 12.2 Å². The molecule has 0 aliphatic heterocycles. The Morgan fingerprint density at radius 2 is 1.94 bits per heavy atom. The highest BCUT2D eigenvalue weighted by molar-refractivity contribution is 5.92. The molecule has 0 spiro atoms. The minimum absolute atomic E-state index is 0. The molecule has 0 bridgehead atoms. The normalized spacial score (nSPS) is 9.17. The summed E-state index contributed by atoms with van der Waals surface area (Å²) in [5.74, 6) is -0.728. The van der Waals surface area contributed by atoms with Crippen LogP contribution in [0.2, 0.25) is 0 Å². The zero-order valence-electron chi connectivity index (χ0n) is 10.2. The van der Waals surface area contributed by atoms with Crippen LogP contribution in [0, 0.1) is 5.41 Å². The third kappa shape index (κ3) is 5.54. The summed E-state index contributed by atoms with van der Waals surface area (Å²) in [6.45, 7) is 2.85. The first-order valence-electron chi connectivity index (χ1n) is 5.56. The van der Waals surface area contributed by atoms with Gasteiger partial charge in [-0.15, -0.1) is 12.4 Å². The number of benzene rings is 1. The quantitative estimate of drug-likeness (QED) is 0.377. The lowest BCUT2D eigenvalue weighted by molar-refractivity contribution is 0.0697. The van der Waals surface area contributed by atoms with Gasteiger partial charge < -0.3 is 15.7 Å². The number of hydrogen-bond acceptors (Lipinski definition) is 2. The van der Waals surface area contributed by atoms with Crippen LogP contribution in [0.1, 0.15) is 30.1 Å². The van der Waals surface area contributed by atoms with Gasteiger partial charge in [0.2, 0.25) is 0 Å². The third-order valence-corrected chi connectivity index (χ3v) is 2.23. The average molecular weight is 272 g/mol. The number of carboxylic acids is 1. The van der Waals surface area contributed by atoms with E-state index in [4.69, 9.17) is 10.5 Å². The molecule has 1 rings (SSSR count). The van der Waals surface area contributed by atoms with Crippen molar-refractivity contribution in [1.82, 2.24) is 5.32 Å². The van der Waals surface area contributed by atoms with Crippen molar-refractivity contribution in [3.63, 3.8) is 0 Å². The van der Waals surface area contributed by atoms with Crippen LogP contribution in [0.15, 0.2) is 24.3 Å². The molecule has 0 aromatic heterocycles. The summed E-state index contributed by atoms with van der Waals surface area (Å²) in [5, 5.41) is 22.1. The number of unbranched alkanes of at least 4 members (excludes halogenated alkanes) is 1. The van der Waals surface area contributed by atoms with E-state index < -0.39 is 5.97 Å². The Labute approximate surface area is 113 Å². The van der Waals surface area contributed by atoms with Gasteiger partial charge in [0.05, 0.1) is 5.56 Å². The topological polar surface area (TPSA) is 85.2 Å². The fourth-order valence-corrected chi connectivity index (χ4v) is 1.27. The molecule has 100 valence electrons. The number of nitrogens with one attached hydrogen (secondary N) is 3. The van der Waals surface area contributed by atoms with Crippen LogP contribution in [0.4, 0.5) is 5.69 Å². The van der Waals surface area contributed by atoms with Gasteiger partial charge in [0.25, 0.3) is 0 Å². The van der Waals surface area contributed by atoms with E-state index in [1.165, 1.54) is 12.1 Å². The maximum atomic E-state index is 10.6. The van der Waals surface area contributed by atoms with Gasteiger partial charge in [-0.3, -0.25) is 5.41 Å². The highest BCUT2D eigenvalue weighted by Crippen LogP contribution is 2.08. The number of carbonyl (C=O) groups is 1. The van der Waals surface area contributed by atoms with Crippen LogP contribution in [-0.4, -0.2) is 23.6 Å². The van der Waals surface area contributed by atoms with Crippen molar-refractivity contribution in [1.29, 1.82) is 5.41 Å². The molecule has 4 N–H and O–H groups in total. The van der Waals surface area contributed by atoms with E-state index in [0.717, 1.165) is 19.4 Å². The van der Waals surface area contributed by atoms with E-state index in [0.29, 0.717) is 5.69 Å². The molecule has 0 fully saturated rings. The van der Waals surface area contributed by atoms with Crippen LogP contribution in [-0.2, 0) is 0 Å². The average Bonchev–Trinajstić information content (AvgIpc) is 2.30. The molecule has 0 aliphatic carbocycles. The van der Waals surface area contributed by atoms with E-state index in [1.807, 2.05) is 0 Å². The van der Waals surface area contributed by atoms with E-state index in [1.54, 1.807) is 12.1 Å². The fraction of sp³-hybridized carbons (Fsp3) is 0.333. The van der Waals surface area contributed by atoms with Gasteiger partial charge in [-0.1, -0.05) is 13.3 Å². The summed E-state index contributed by atoms with van der Waals surface area (Å²) >= 11 is 0. The van der Waals surface area contributed by atoms with E-state index in [9.17, 15) is 4.79 Å². The summed E-state index contributed by atoms with van der Waals surface area (Å²) in [7, 11) is 0. The molecule has 1 aromatic rings. The Kier molecular flexibility index (Phi) is 7.54. The van der Waals surface area contributed by atoms with Crippen LogP contribution in [0.3, 0.4) is 0 Å². The molecular formula is C12H18ClN3O2. The lowest BCUT2D eigenvalue weighted by atomic mass is 10.2. The Morgan fingerprint density at radius 3 is 2.44 bits per heavy atom. The van der Waals surface area contributed by atoms with Gasteiger partial charge in [-0.05, 0) is 30.7 Å². The molecule has 5 nitrogen and oxygen atoms in total. The Bertz CT molecular complexity index is 393. The molecule has 6 heteroatoms. The van der Waals surface area contributed by atoms with Crippen molar-refractivity contribution in [3.8, 4) is 0 Å². The number of aromatic carboxylic acids is 1. The molecule has 1 aromatic carbocycles. The molecule has 0 aliphatic rings. The second-order valence-corrected chi connectivity index (χ2v) is 3.66. The van der Waals surface area contributed by atoms with Crippen molar-refractivity contribution in [2.45, 2.75) is 19.8 Å². The van der Waals surface area contributed by atoms with Crippen LogP contribution < -0.4 is 10.6 Å². The number of halogens is 1. The van der Waals surface area contributed by atoms with Gasteiger partial charge >= 0.3 is 5.97 Å². The highest BCUT2D eigenvalue weighted by atomic mass is 35.5. The predicted octanol–water partition coefficient (Wildman–Crippen LogP) is 2.54. The Morgan fingerprint density at radius 1 is 1.33 bits per heavy atom. The maximum Gasteiger partial charge on any atom is 0.335 e. The van der Waals surface area contributed by atoms with Crippen molar-refractivity contribution in [2.75, 3.05) is 11.9 Å². The molecular weight excluding hydrogens is 254 g/mol. The lowest BCUT2D eigenvalue weighted by Gasteiger charge is -2.09. The smallest absolute Gasteiger partial charge is 0.335 e. The molecule has 0 unspecified atom stereocenters. The SMILES string of the molecule is CCCCNC(=N)Nc1ccc(C(=O)O)cc1.Cl. The van der Waals surface area contributed by atoms with Crippen molar-refractivity contribution >= 4 is 30.0 Å². The number of carboxylic acid groups (broad SMARTS) is 1. The molecule has 0 heterocycles. The molecule has 0 radical (unpaired) electrons. The maximum absolute atomic E-state index is 10.6. The summed E-state index contributed by atoms with van der Waals surface area (Å²) in [6.07, 6.45) is 2.09. The summed E-state index contributed by atoms with van der Waals surface area (Å²) in [6, 6.07) is 6.28. The Hall–Kier alpha value is -1.75. The van der Waals surface area contributed by atoms with Gasteiger partial charge in [0.1, 0.15) is 0 Å². The van der Waals surface area contributed by atoms with Gasteiger partial charge in [-0.2, -0.15) is 0 Å². The first kappa shape index (κ1) is 16.2. The van der Waals surface area contributed by atoms with Crippen molar-refractivity contribution in [2.24, 2.45) is 0 Å². The second-order valence-electron chi connectivity index (χ2n) is 3.66. The summed E-state index contributed by atoms with van der Waals surface area (Å²) in [5.41, 5.74) is 0.935. The minimum Gasteiger partial charge on any atom is -0.478 e. The Balaban J connectivity index is 0.00000289. The number of hydrogen-bond donors (Lipinski definition) is 4. The molecule has 0 amide bonds. The molecule has 0 saturated heterocycles. The third-order valence-electron chi connectivity index (χ3n) is 2.23. The van der Waals surface area contributed by atoms with Crippen LogP contribution >= 0.6 is 12.4 Å². The monoisotopic (exact) mass is 271 g/mol. The highest BCUT2D eigenvalue weighted by Gasteiger charge is 2.02. The number of rotatable bonds is 5. The van der Waals surface area contributed by atoms with E-state index >= 15 is 0 Å².